The van der Waals surface area contributed by atoms with Gasteiger partial charge in [0.15, 0.2) is 9.84 Å². The van der Waals surface area contributed by atoms with Crippen LogP contribution in [0.2, 0.25) is 0 Å². The lowest BCUT2D eigenvalue weighted by Gasteiger charge is -2.06. The van der Waals surface area contributed by atoms with E-state index in [1.165, 1.54) is 0 Å². The van der Waals surface area contributed by atoms with Crippen LogP contribution >= 0.6 is 0 Å². The number of esters is 1. The van der Waals surface area contributed by atoms with Crippen LogP contribution in [0.4, 0.5) is 0 Å². The number of hydrogen-bond donors (Lipinski definition) is 0. The lowest BCUT2D eigenvalue weighted by atomic mass is 10.2. The maximum absolute atomic E-state index is 12.3. The first-order valence-electron chi connectivity index (χ1n) is 8.49. The third kappa shape index (κ3) is 5.04. The van der Waals surface area contributed by atoms with Gasteiger partial charge < -0.3 is 4.74 Å². The summed E-state index contributed by atoms with van der Waals surface area (Å²) < 4.78 is 31.4. The third-order valence-corrected chi connectivity index (χ3v) is 5.73. The highest BCUT2D eigenvalue weighted by Gasteiger charge is 2.17. The molecule has 0 aliphatic heterocycles. The zero-order valence-electron chi connectivity index (χ0n) is 14.9. The van der Waals surface area contributed by atoms with Gasteiger partial charge in [-0.05, 0) is 37.3 Å². The minimum Gasteiger partial charge on any atom is -0.459 e. The Bertz CT molecular complexity index is 1010. The van der Waals surface area contributed by atoms with Crippen molar-refractivity contribution in [3.05, 3.63) is 78.1 Å². The van der Waals surface area contributed by atoms with Gasteiger partial charge in [-0.15, -0.1) is 0 Å². The highest BCUT2D eigenvalue weighted by Crippen LogP contribution is 2.14. The molecule has 7 heteroatoms. The monoisotopic (exact) mass is 384 g/mol. The van der Waals surface area contributed by atoms with E-state index < -0.39 is 15.8 Å². The Morgan fingerprint density at radius 2 is 1.74 bits per heavy atom. The zero-order valence-corrected chi connectivity index (χ0v) is 15.7. The fraction of sp³-hybridized carbons (Fsp3) is 0.200. The van der Waals surface area contributed by atoms with Gasteiger partial charge in [0, 0.05) is 6.20 Å². The molecule has 27 heavy (non-hydrogen) atoms. The molecule has 0 atom stereocenters. The number of aromatic nitrogens is 2. The van der Waals surface area contributed by atoms with E-state index in [0.29, 0.717) is 5.69 Å². The Hall–Kier alpha value is -2.93. The van der Waals surface area contributed by atoms with Crippen molar-refractivity contribution in [2.75, 3.05) is 5.75 Å². The molecule has 1 aromatic heterocycles. The second-order valence-corrected chi connectivity index (χ2v) is 8.24. The van der Waals surface area contributed by atoms with E-state index in [2.05, 4.69) is 5.10 Å². The van der Waals surface area contributed by atoms with Crippen LogP contribution in [0.5, 0.6) is 0 Å². The molecule has 0 fully saturated rings. The van der Waals surface area contributed by atoms with Crippen LogP contribution in [0.25, 0.3) is 5.69 Å². The van der Waals surface area contributed by atoms with Gasteiger partial charge in [-0.2, -0.15) is 5.10 Å². The van der Waals surface area contributed by atoms with Gasteiger partial charge in [0.1, 0.15) is 12.3 Å². The second kappa shape index (κ2) is 8.18. The quantitative estimate of drug-likeness (QED) is 0.585. The number of hydrogen-bond acceptors (Lipinski definition) is 5. The maximum Gasteiger partial charge on any atom is 0.307 e. The summed E-state index contributed by atoms with van der Waals surface area (Å²) in [7, 11) is -3.51. The highest BCUT2D eigenvalue weighted by atomic mass is 32.2. The lowest BCUT2D eigenvalue weighted by Crippen LogP contribution is -2.13. The van der Waals surface area contributed by atoms with Crippen LogP contribution in [0.15, 0.2) is 71.8 Å². The molecule has 0 saturated carbocycles. The van der Waals surface area contributed by atoms with Crippen molar-refractivity contribution < 1.29 is 17.9 Å². The second-order valence-electron chi connectivity index (χ2n) is 6.13. The molecule has 3 aromatic rings. The van der Waals surface area contributed by atoms with Gasteiger partial charge in [-0.1, -0.05) is 35.9 Å². The van der Waals surface area contributed by atoms with Crippen molar-refractivity contribution in [3.63, 3.8) is 0 Å². The van der Waals surface area contributed by atoms with Gasteiger partial charge in [-0.3, -0.25) is 4.79 Å². The lowest BCUT2D eigenvalue weighted by molar-refractivity contribution is -0.144. The number of sulfone groups is 1. The Morgan fingerprint density at radius 1 is 1.04 bits per heavy atom. The highest BCUT2D eigenvalue weighted by molar-refractivity contribution is 7.91. The largest absolute Gasteiger partial charge is 0.459 e. The molecule has 0 spiro atoms. The van der Waals surface area contributed by atoms with Crippen molar-refractivity contribution >= 4 is 15.8 Å². The summed E-state index contributed by atoms with van der Waals surface area (Å²) in [6.07, 6.45) is 1.58. The molecule has 3 rings (SSSR count). The standard InChI is InChI=1S/C20H20N2O4S/c1-16-7-9-19(10-8-16)27(24,25)14-12-20(23)26-15-17-11-13-22(21-17)18-5-3-2-4-6-18/h2-11,13H,12,14-15H2,1H3. The average molecular weight is 384 g/mol. The average Bonchev–Trinajstić information content (AvgIpc) is 3.15. The van der Waals surface area contributed by atoms with E-state index in [-0.39, 0.29) is 23.7 Å². The Balaban J connectivity index is 1.51. The molecule has 6 nitrogen and oxygen atoms in total. The first-order chi connectivity index (χ1) is 12.9. The number of carbonyl (C=O) groups is 1. The van der Waals surface area contributed by atoms with Gasteiger partial charge >= 0.3 is 5.97 Å². The van der Waals surface area contributed by atoms with E-state index in [9.17, 15) is 13.2 Å². The SMILES string of the molecule is Cc1ccc(S(=O)(=O)CCC(=O)OCc2ccn(-c3ccccc3)n2)cc1. The summed E-state index contributed by atoms with van der Waals surface area (Å²) in [4.78, 5) is 12.1. The first-order valence-corrected chi connectivity index (χ1v) is 10.1. The smallest absolute Gasteiger partial charge is 0.307 e. The summed E-state index contributed by atoms with van der Waals surface area (Å²) in [6.45, 7) is 1.89. The number of aryl methyl sites for hydroxylation is 1. The summed E-state index contributed by atoms with van der Waals surface area (Å²) in [5.41, 5.74) is 2.47. The fourth-order valence-corrected chi connectivity index (χ4v) is 3.69. The van der Waals surface area contributed by atoms with E-state index >= 15 is 0 Å². The van der Waals surface area contributed by atoms with Crippen LogP contribution in [-0.4, -0.2) is 29.9 Å². The van der Waals surface area contributed by atoms with Crippen molar-refractivity contribution in [3.8, 4) is 5.69 Å². The van der Waals surface area contributed by atoms with Gasteiger partial charge in [0.2, 0.25) is 0 Å². The van der Waals surface area contributed by atoms with Crippen LogP contribution in [0.3, 0.4) is 0 Å². The summed E-state index contributed by atoms with van der Waals surface area (Å²) >= 11 is 0. The molecule has 2 aromatic carbocycles. The molecule has 0 bridgehead atoms. The predicted octanol–water partition coefficient (Wildman–Crippen LogP) is 3.09. The normalized spacial score (nSPS) is 11.3. The van der Waals surface area contributed by atoms with Crippen LogP contribution in [-0.2, 0) is 26.0 Å². The molecule has 140 valence electrons. The van der Waals surface area contributed by atoms with Crippen LogP contribution in [0, 0.1) is 6.92 Å². The minimum atomic E-state index is -3.51. The molecular weight excluding hydrogens is 364 g/mol. The fourth-order valence-electron chi connectivity index (χ4n) is 2.47. The van der Waals surface area contributed by atoms with E-state index in [4.69, 9.17) is 4.74 Å². The van der Waals surface area contributed by atoms with Crippen molar-refractivity contribution in [2.24, 2.45) is 0 Å². The Morgan fingerprint density at radius 3 is 2.44 bits per heavy atom. The van der Waals surface area contributed by atoms with E-state index in [0.717, 1.165) is 11.3 Å². The van der Waals surface area contributed by atoms with Crippen molar-refractivity contribution in [1.29, 1.82) is 0 Å². The summed E-state index contributed by atoms with van der Waals surface area (Å²) in [5.74, 6) is -0.854. The number of rotatable bonds is 7. The molecule has 1 heterocycles. The zero-order chi connectivity index (χ0) is 19.3. The molecule has 0 radical (unpaired) electrons. The molecule has 0 aliphatic carbocycles. The predicted molar refractivity (Wildman–Crippen MR) is 101 cm³/mol. The molecule has 0 saturated heterocycles. The third-order valence-electron chi connectivity index (χ3n) is 4.00. The number of benzene rings is 2. The topological polar surface area (TPSA) is 78.3 Å². The van der Waals surface area contributed by atoms with E-state index in [1.54, 1.807) is 41.2 Å². The Labute approximate surface area is 158 Å². The minimum absolute atomic E-state index is 0.00322. The van der Waals surface area contributed by atoms with Crippen molar-refractivity contribution in [2.45, 2.75) is 24.8 Å². The molecule has 0 unspecified atom stereocenters. The molecule has 0 N–H and O–H groups in total. The maximum atomic E-state index is 12.3. The molecule has 0 aliphatic rings. The first kappa shape index (κ1) is 18.8. The van der Waals surface area contributed by atoms with Crippen LogP contribution in [0.1, 0.15) is 17.7 Å². The Kier molecular flexibility index (Phi) is 5.71. The molecular formula is C20H20N2O4S. The van der Waals surface area contributed by atoms with Crippen LogP contribution < -0.4 is 0 Å². The van der Waals surface area contributed by atoms with Gasteiger partial charge in [0.05, 0.1) is 22.8 Å². The van der Waals surface area contributed by atoms with Gasteiger partial charge in [-0.25, -0.2) is 13.1 Å². The van der Waals surface area contributed by atoms with Gasteiger partial charge in [0.25, 0.3) is 0 Å². The number of ether oxygens (including phenoxy) is 1. The number of para-hydroxylation sites is 1. The summed E-state index contributed by atoms with van der Waals surface area (Å²) in [5, 5.41) is 4.34. The van der Waals surface area contributed by atoms with E-state index in [1.807, 2.05) is 37.3 Å². The van der Waals surface area contributed by atoms with Crippen molar-refractivity contribution in [1.82, 2.24) is 9.78 Å². The summed E-state index contributed by atoms with van der Waals surface area (Å²) in [6, 6.07) is 17.9. The number of nitrogens with zero attached hydrogens (tertiary/aromatic N) is 2. The number of carbonyl (C=O) groups excluding carboxylic acids is 1. The molecule has 0 amide bonds.